The number of fused-ring (bicyclic) bond motifs is 1. The molecule has 2 N–H and O–H groups in total. The molecule has 1 aliphatic rings. The van der Waals surface area contributed by atoms with Crippen molar-refractivity contribution < 1.29 is 9.53 Å². The summed E-state index contributed by atoms with van der Waals surface area (Å²) in [6.07, 6.45) is 4.42. The van der Waals surface area contributed by atoms with Crippen LogP contribution in [0.4, 0.5) is 16.2 Å². The third-order valence-corrected chi connectivity index (χ3v) is 6.50. The van der Waals surface area contributed by atoms with Gasteiger partial charge < -0.3 is 20.3 Å². The lowest BCUT2D eigenvalue weighted by Gasteiger charge is -2.30. The first kappa shape index (κ1) is 22.9. The van der Waals surface area contributed by atoms with Gasteiger partial charge in [0.2, 0.25) is 0 Å². The van der Waals surface area contributed by atoms with E-state index >= 15 is 0 Å². The molecule has 5 rings (SSSR count). The Balaban J connectivity index is 1.15. The molecule has 7 heteroatoms. The van der Waals surface area contributed by atoms with E-state index in [0.29, 0.717) is 11.4 Å². The van der Waals surface area contributed by atoms with Gasteiger partial charge in [-0.3, -0.25) is 4.68 Å². The van der Waals surface area contributed by atoms with Gasteiger partial charge in [0.25, 0.3) is 0 Å². The van der Waals surface area contributed by atoms with Crippen LogP contribution in [-0.4, -0.2) is 40.3 Å². The molecule has 0 radical (unpaired) electrons. The summed E-state index contributed by atoms with van der Waals surface area (Å²) in [4.78, 5) is 15.0. The van der Waals surface area contributed by atoms with Crippen LogP contribution < -0.4 is 15.4 Å². The van der Waals surface area contributed by atoms with E-state index in [1.54, 1.807) is 0 Å². The molecule has 0 unspecified atom stereocenters. The highest BCUT2D eigenvalue weighted by molar-refractivity contribution is 6.01. The molecule has 1 saturated heterocycles. The second-order valence-corrected chi connectivity index (χ2v) is 9.18. The molecule has 1 aliphatic heterocycles. The highest BCUT2D eigenvalue weighted by Crippen LogP contribution is 2.23. The van der Waals surface area contributed by atoms with Gasteiger partial charge in [0, 0.05) is 23.3 Å². The van der Waals surface area contributed by atoms with Gasteiger partial charge in [-0.15, -0.1) is 0 Å². The Morgan fingerprint density at radius 1 is 0.914 bits per heavy atom. The molecule has 0 spiro atoms. The lowest BCUT2D eigenvalue weighted by atomic mass is 9.99. The molecule has 180 valence electrons. The summed E-state index contributed by atoms with van der Waals surface area (Å²) >= 11 is 0. The maximum atomic E-state index is 12.5. The average Bonchev–Trinajstić information content (AvgIpc) is 3.28. The number of nitrogens with one attached hydrogen (secondary N) is 2. The molecule has 1 fully saturated rings. The van der Waals surface area contributed by atoms with Gasteiger partial charge in [0.1, 0.15) is 11.5 Å². The summed E-state index contributed by atoms with van der Waals surface area (Å²) in [5.74, 6) is 2.32. The Labute approximate surface area is 205 Å². The third-order valence-electron chi connectivity index (χ3n) is 6.50. The van der Waals surface area contributed by atoms with Crippen LogP contribution in [-0.2, 0) is 6.54 Å². The first-order valence-corrected chi connectivity index (χ1v) is 12.2. The second-order valence-electron chi connectivity index (χ2n) is 9.18. The number of anilines is 2. The first-order chi connectivity index (χ1) is 17.1. The van der Waals surface area contributed by atoms with E-state index < -0.39 is 0 Å². The molecule has 0 atom stereocenters. The van der Waals surface area contributed by atoms with Crippen LogP contribution in [0.1, 0.15) is 19.8 Å². The summed E-state index contributed by atoms with van der Waals surface area (Å²) in [6.45, 7) is 6.57. The average molecular weight is 470 g/mol. The number of nitrogens with zero attached hydrogens (tertiary/aromatic N) is 3. The Kier molecular flexibility index (Phi) is 6.95. The molecule has 35 heavy (non-hydrogen) atoms. The molecular formula is C28H31N5O2. The van der Waals surface area contributed by atoms with Crippen molar-refractivity contribution in [2.75, 3.05) is 30.3 Å². The van der Waals surface area contributed by atoms with Gasteiger partial charge >= 0.3 is 6.03 Å². The number of hydrogen-bond acceptors (Lipinski definition) is 4. The number of likely N-dealkylation sites (tertiary alicyclic amines) is 1. The number of piperidine rings is 1. The molecule has 3 aromatic carbocycles. The van der Waals surface area contributed by atoms with E-state index in [-0.39, 0.29) is 6.03 Å². The molecule has 0 bridgehead atoms. The van der Waals surface area contributed by atoms with Crippen molar-refractivity contribution in [2.45, 2.75) is 26.3 Å². The van der Waals surface area contributed by atoms with Gasteiger partial charge in [-0.1, -0.05) is 25.1 Å². The van der Waals surface area contributed by atoms with E-state index in [1.807, 2.05) is 79.0 Å². The quantitative estimate of drug-likeness (QED) is 0.338. The van der Waals surface area contributed by atoms with Gasteiger partial charge in [0.05, 0.1) is 18.3 Å². The zero-order valence-corrected chi connectivity index (χ0v) is 20.0. The topological polar surface area (TPSA) is 71.4 Å². The van der Waals surface area contributed by atoms with Crippen molar-refractivity contribution in [1.29, 1.82) is 0 Å². The van der Waals surface area contributed by atoms with Crippen molar-refractivity contribution in [3.8, 4) is 11.5 Å². The normalized spacial score (nSPS) is 14.7. The van der Waals surface area contributed by atoms with Gasteiger partial charge in [-0.25, -0.2) is 4.79 Å². The number of hydrogen-bond donors (Lipinski definition) is 2. The van der Waals surface area contributed by atoms with Crippen LogP contribution in [0.2, 0.25) is 0 Å². The fourth-order valence-corrected chi connectivity index (χ4v) is 4.39. The minimum atomic E-state index is -0.298. The molecule has 0 aliphatic carbocycles. The number of ether oxygens (including phenoxy) is 1. The smallest absolute Gasteiger partial charge is 0.323 e. The Bertz CT molecular complexity index is 1260. The largest absolute Gasteiger partial charge is 0.457 e. The number of amides is 2. The second kappa shape index (κ2) is 10.6. The summed E-state index contributed by atoms with van der Waals surface area (Å²) in [6, 6.07) is 22.5. The zero-order chi connectivity index (χ0) is 24.0. The first-order valence-electron chi connectivity index (χ1n) is 12.2. The summed E-state index contributed by atoms with van der Waals surface area (Å²) in [7, 11) is 0. The van der Waals surface area contributed by atoms with Gasteiger partial charge in [0.15, 0.2) is 0 Å². The zero-order valence-electron chi connectivity index (χ0n) is 20.0. The lowest BCUT2D eigenvalue weighted by molar-refractivity contribution is 0.185. The number of benzene rings is 3. The Morgan fingerprint density at radius 3 is 2.37 bits per heavy atom. The summed E-state index contributed by atoms with van der Waals surface area (Å²) in [5.41, 5.74) is 2.49. The van der Waals surface area contributed by atoms with E-state index in [4.69, 9.17) is 4.74 Å². The maximum absolute atomic E-state index is 12.5. The highest BCUT2D eigenvalue weighted by Gasteiger charge is 2.16. The summed E-state index contributed by atoms with van der Waals surface area (Å²) in [5, 5.41) is 11.4. The molecule has 2 amide bonds. The standard InChI is InChI=1S/C28H31N5O2/c1-21-13-15-32(16-14-21)17-18-33-27-12-9-24(19-22(27)20-29-33)31-28(34)30-23-7-10-26(11-8-23)35-25-5-3-2-4-6-25/h2-12,19-21H,13-18H2,1H3,(H2,30,31,34). The molecule has 1 aromatic heterocycles. The number of aromatic nitrogens is 2. The van der Waals surface area contributed by atoms with Gasteiger partial charge in [-0.2, -0.15) is 5.10 Å². The number of rotatable bonds is 7. The number of carbonyl (C=O) groups excluding carboxylic acids is 1. The maximum Gasteiger partial charge on any atom is 0.323 e. The van der Waals surface area contributed by atoms with Gasteiger partial charge in [-0.05, 0) is 86.4 Å². The summed E-state index contributed by atoms with van der Waals surface area (Å²) < 4.78 is 7.85. The third kappa shape index (κ3) is 6.00. The predicted molar refractivity (Wildman–Crippen MR) is 140 cm³/mol. The minimum absolute atomic E-state index is 0.298. The minimum Gasteiger partial charge on any atom is -0.457 e. The predicted octanol–water partition coefficient (Wildman–Crippen LogP) is 6.20. The molecule has 2 heterocycles. The lowest BCUT2D eigenvalue weighted by Crippen LogP contribution is -2.35. The van der Waals surface area contributed by atoms with Crippen LogP contribution in [0.25, 0.3) is 10.9 Å². The van der Waals surface area contributed by atoms with Crippen LogP contribution in [0.5, 0.6) is 11.5 Å². The highest BCUT2D eigenvalue weighted by atomic mass is 16.5. The number of carbonyl (C=O) groups is 1. The Hall–Kier alpha value is -3.84. The fourth-order valence-electron chi connectivity index (χ4n) is 4.39. The molecule has 0 saturated carbocycles. The van der Waals surface area contributed by atoms with E-state index in [0.717, 1.165) is 41.3 Å². The van der Waals surface area contributed by atoms with Crippen molar-refractivity contribution >= 4 is 28.3 Å². The van der Waals surface area contributed by atoms with Crippen LogP contribution in [0.3, 0.4) is 0 Å². The van der Waals surface area contributed by atoms with Crippen LogP contribution in [0, 0.1) is 5.92 Å². The van der Waals surface area contributed by atoms with Crippen molar-refractivity contribution in [2.24, 2.45) is 5.92 Å². The number of urea groups is 1. The van der Waals surface area contributed by atoms with E-state index in [1.165, 1.54) is 25.9 Å². The van der Waals surface area contributed by atoms with Crippen LogP contribution >= 0.6 is 0 Å². The molecule has 4 aromatic rings. The van der Waals surface area contributed by atoms with Crippen molar-refractivity contribution in [1.82, 2.24) is 14.7 Å². The Morgan fingerprint density at radius 2 is 1.60 bits per heavy atom. The van der Waals surface area contributed by atoms with Crippen molar-refractivity contribution in [3.63, 3.8) is 0 Å². The molecule has 7 nitrogen and oxygen atoms in total. The SMILES string of the molecule is CC1CCN(CCn2ncc3cc(NC(=O)Nc4ccc(Oc5ccccc5)cc4)ccc32)CC1. The monoisotopic (exact) mass is 469 g/mol. The fraction of sp³-hybridized carbons (Fsp3) is 0.286. The number of para-hydroxylation sites is 1. The van der Waals surface area contributed by atoms with E-state index in [2.05, 4.69) is 32.2 Å². The van der Waals surface area contributed by atoms with Crippen LogP contribution in [0.15, 0.2) is 79.0 Å². The van der Waals surface area contributed by atoms with Crippen molar-refractivity contribution in [3.05, 3.63) is 79.0 Å². The molecular weight excluding hydrogens is 438 g/mol. The van der Waals surface area contributed by atoms with E-state index in [9.17, 15) is 4.79 Å².